The molecule has 0 radical (unpaired) electrons. The number of thiazole rings is 1. The molecule has 4 nitrogen and oxygen atoms in total. The van der Waals surface area contributed by atoms with E-state index < -0.39 is 0 Å². The maximum absolute atomic E-state index is 10.9. The average Bonchev–Trinajstić information content (AvgIpc) is 2.87. The minimum absolute atomic E-state index is 0.373. The number of nitrogens with zero attached hydrogens (tertiary/aromatic N) is 1. The minimum atomic E-state index is -0.373. The third-order valence-electron chi connectivity index (χ3n) is 2.00. The molecular weight excluding hydrogens is 242 g/mol. The van der Waals surface area contributed by atoms with E-state index in [1.807, 2.05) is 11.4 Å². The van der Waals surface area contributed by atoms with Gasteiger partial charge in [-0.3, -0.25) is 4.79 Å². The summed E-state index contributed by atoms with van der Waals surface area (Å²) in [5.74, 6) is -0.373. The second kappa shape index (κ2) is 5.20. The lowest BCUT2D eigenvalue weighted by molar-refractivity contribution is 0.100. The molecule has 0 unspecified atom stereocenters. The van der Waals surface area contributed by atoms with Gasteiger partial charge in [0.15, 0.2) is 0 Å². The molecule has 2 heterocycles. The van der Waals surface area contributed by atoms with E-state index in [2.05, 4.69) is 10.3 Å². The number of carbonyl (C=O) groups is 1. The quantitative estimate of drug-likeness (QED) is 0.850. The van der Waals surface area contributed by atoms with Crippen LogP contribution in [0, 0.1) is 0 Å². The molecule has 6 heteroatoms. The topological polar surface area (TPSA) is 68.0 Å². The molecule has 0 fully saturated rings. The third-order valence-corrected chi connectivity index (χ3v) is 3.71. The van der Waals surface area contributed by atoms with Crippen LogP contribution in [0.3, 0.4) is 0 Å². The van der Waals surface area contributed by atoms with Gasteiger partial charge in [-0.05, 0) is 6.07 Å². The smallest absolute Gasteiger partial charge is 0.249 e. The first-order valence-electron chi connectivity index (χ1n) is 4.72. The zero-order chi connectivity index (χ0) is 11.4. The molecule has 1 amide bonds. The number of primary amides is 1. The van der Waals surface area contributed by atoms with Crippen LogP contribution in [0.5, 0.6) is 0 Å². The van der Waals surface area contributed by atoms with Crippen LogP contribution in [0.15, 0.2) is 23.0 Å². The van der Waals surface area contributed by atoms with Gasteiger partial charge in [-0.25, -0.2) is 4.98 Å². The van der Waals surface area contributed by atoms with Crippen LogP contribution >= 0.6 is 22.7 Å². The highest BCUT2D eigenvalue weighted by molar-refractivity contribution is 7.10. The second-order valence-corrected chi connectivity index (χ2v) is 5.17. The van der Waals surface area contributed by atoms with Gasteiger partial charge in [0.25, 0.3) is 0 Å². The number of carbonyl (C=O) groups excluding carboxylic acids is 1. The molecule has 0 saturated heterocycles. The lowest BCUT2D eigenvalue weighted by Gasteiger charge is -1.98. The summed E-state index contributed by atoms with van der Waals surface area (Å²) in [7, 11) is 0. The Kier molecular flexibility index (Phi) is 3.66. The zero-order valence-electron chi connectivity index (χ0n) is 8.47. The van der Waals surface area contributed by atoms with Gasteiger partial charge >= 0.3 is 0 Å². The molecule has 0 aliphatic heterocycles. The Balaban J connectivity index is 1.83. The molecule has 2 aromatic heterocycles. The Morgan fingerprint density at radius 1 is 1.44 bits per heavy atom. The summed E-state index contributed by atoms with van der Waals surface area (Å²) in [6.07, 6.45) is 1.79. The SMILES string of the molecule is NC(=O)c1csc(CNCc2nccs2)c1. The molecule has 0 aliphatic carbocycles. The first kappa shape index (κ1) is 11.3. The van der Waals surface area contributed by atoms with Crippen molar-refractivity contribution < 1.29 is 4.79 Å². The van der Waals surface area contributed by atoms with Gasteiger partial charge in [-0.15, -0.1) is 22.7 Å². The molecule has 0 aliphatic rings. The number of rotatable bonds is 5. The monoisotopic (exact) mass is 253 g/mol. The molecule has 16 heavy (non-hydrogen) atoms. The Bertz CT molecular complexity index is 464. The molecule has 0 bridgehead atoms. The summed E-state index contributed by atoms with van der Waals surface area (Å²) in [6.45, 7) is 1.49. The maximum Gasteiger partial charge on any atom is 0.249 e. The third kappa shape index (κ3) is 2.88. The fourth-order valence-electron chi connectivity index (χ4n) is 1.24. The summed E-state index contributed by atoms with van der Waals surface area (Å²) in [6, 6.07) is 1.82. The van der Waals surface area contributed by atoms with E-state index in [1.165, 1.54) is 11.3 Å². The van der Waals surface area contributed by atoms with E-state index in [-0.39, 0.29) is 5.91 Å². The van der Waals surface area contributed by atoms with Crippen LogP contribution in [0.4, 0.5) is 0 Å². The van der Waals surface area contributed by atoms with Gasteiger partial charge in [0.1, 0.15) is 5.01 Å². The minimum Gasteiger partial charge on any atom is -0.366 e. The van der Waals surface area contributed by atoms with Crippen molar-refractivity contribution in [3.05, 3.63) is 38.5 Å². The Hall–Kier alpha value is -1.24. The van der Waals surface area contributed by atoms with Gasteiger partial charge in [0.05, 0.1) is 5.56 Å². The predicted octanol–water partition coefficient (Wildman–Crippen LogP) is 1.59. The van der Waals surface area contributed by atoms with Crippen molar-refractivity contribution in [3.63, 3.8) is 0 Å². The van der Waals surface area contributed by atoms with Crippen LogP contribution in [-0.4, -0.2) is 10.9 Å². The second-order valence-electron chi connectivity index (χ2n) is 3.20. The Morgan fingerprint density at radius 3 is 2.94 bits per heavy atom. The van der Waals surface area contributed by atoms with Gasteiger partial charge in [-0.1, -0.05) is 0 Å². The lowest BCUT2D eigenvalue weighted by atomic mass is 10.3. The van der Waals surface area contributed by atoms with E-state index in [1.54, 1.807) is 22.9 Å². The molecule has 0 aromatic carbocycles. The Labute approximate surface area is 101 Å². The first-order valence-corrected chi connectivity index (χ1v) is 6.48. The van der Waals surface area contributed by atoms with E-state index in [0.29, 0.717) is 5.56 Å². The molecule has 0 atom stereocenters. The fourth-order valence-corrected chi connectivity index (χ4v) is 2.66. The van der Waals surface area contributed by atoms with Gasteiger partial charge in [0.2, 0.25) is 5.91 Å². The van der Waals surface area contributed by atoms with Gasteiger partial charge < -0.3 is 11.1 Å². The number of aromatic nitrogens is 1. The Morgan fingerprint density at radius 2 is 2.31 bits per heavy atom. The van der Waals surface area contributed by atoms with Crippen molar-refractivity contribution in [2.75, 3.05) is 0 Å². The predicted molar refractivity (Wildman–Crippen MR) is 65.5 cm³/mol. The molecule has 2 aromatic rings. The van der Waals surface area contributed by atoms with E-state index >= 15 is 0 Å². The molecular formula is C10H11N3OS2. The number of amides is 1. The average molecular weight is 253 g/mol. The van der Waals surface area contributed by atoms with E-state index in [0.717, 1.165) is 23.0 Å². The number of hydrogen-bond acceptors (Lipinski definition) is 5. The standard InChI is InChI=1S/C10H11N3OS2/c11-10(14)7-3-8(16-6-7)4-12-5-9-13-1-2-15-9/h1-3,6,12H,4-5H2,(H2,11,14). The van der Waals surface area contributed by atoms with E-state index in [9.17, 15) is 4.79 Å². The van der Waals surface area contributed by atoms with Crippen molar-refractivity contribution in [1.82, 2.24) is 10.3 Å². The van der Waals surface area contributed by atoms with Crippen molar-refractivity contribution >= 4 is 28.6 Å². The van der Waals surface area contributed by atoms with Crippen molar-refractivity contribution in [1.29, 1.82) is 0 Å². The zero-order valence-corrected chi connectivity index (χ0v) is 10.1. The lowest BCUT2D eigenvalue weighted by Crippen LogP contribution is -2.12. The molecule has 0 spiro atoms. The molecule has 2 rings (SSSR count). The largest absolute Gasteiger partial charge is 0.366 e. The number of nitrogens with one attached hydrogen (secondary N) is 1. The highest BCUT2D eigenvalue weighted by Gasteiger charge is 2.04. The number of nitrogens with two attached hydrogens (primary N) is 1. The molecule has 0 saturated carbocycles. The molecule has 84 valence electrons. The van der Waals surface area contributed by atoms with Crippen molar-refractivity contribution in [3.8, 4) is 0 Å². The summed E-state index contributed by atoms with van der Waals surface area (Å²) < 4.78 is 0. The summed E-state index contributed by atoms with van der Waals surface area (Å²) in [5.41, 5.74) is 5.75. The normalized spacial score (nSPS) is 10.5. The fraction of sp³-hybridized carbons (Fsp3) is 0.200. The number of hydrogen-bond donors (Lipinski definition) is 2. The van der Waals surface area contributed by atoms with Crippen molar-refractivity contribution in [2.45, 2.75) is 13.1 Å². The number of thiophene rings is 1. The van der Waals surface area contributed by atoms with Crippen LogP contribution in [0.1, 0.15) is 20.2 Å². The van der Waals surface area contributed by atoms with Crippen LogP contribution in [0.25, 0.3) is 0 Å². The highest BCUT2D eigenvalue weighted by atomic mass is 32.1. The summed E-state index contributed by atoms with van der Waals surface area (Å²) in [4.78, 5) is 16.1. The van der Waals surface area contributed by atoms with Crippen LogP contribution in [-0.2, 0) is 13.1 Å². The van der Waals surface area contributed by atoms with E-state index in [4.69, 9.17) is 5.73 Å². The summed E-state index contributed by atoms with van der Waals surface area (Å²) >= 11 is 3.16. The van der Waals surface area contributed by atoms with Crippen LogP contribution in [0.2, 0.25) is 0 Å². The van der Waals surface area contributed by atoms with Gasteiger partial charge in [0, 0.05) is 34.9 Å². The maximum atomic E-state index is 10.9. The summed E-state index contributed by atoms with van der Waals surface area (Å²) in [5, 5.41) is 8.06. The molecule has 3 N–H and O–H groups in total. The van der Waals surface area contributed by atoms with Crippen molar-refractivity contribution in [2.24, 2.45) is 5.73 Å². The first-order chi connectivity index (χ1) is 7.75. The van der Waals surface area contributed by atoms with Crippen LogP contribution < -0.4 is 11.1 Å². The van der Waals surface area contributed by atoms with Gasteiger partial charge in [-0.2, -0.15) is 0 Å². The highest BCUT2D eigenvalue weighted by Crippen LogP contribution is 2.14.